The smallest absolute Gasteiger partial charge is 0.303 e. The van der Waals surface area contributed by atoms with E-state index in [0.29, 0.717) is 28.6 Å². The monoisotopic (exact) mass is 456 g/mol. The molecule has 0 aliphatic carbocycles. The first-order valence-corrected chi connectivity index (χ1v) is 10.6. The molecule has 31 heavy (non-hydrogen) atoms. The first-order chi connectivity index (χ1) is 14.8. The largest absolute Gasteiger partial charge is 0.481 e. The third-order valence-electron chi connectivity index (χ3n) is 4.95. The molecule has 0 radical (unpaired) electrons. The van der Waals surface area contributed by atoms with Crippen LogP contribution in [0.2, 0.25) is 10.2 Å². The van der Waals surface area contributed by atoms with Crippen molar-refractivity contribution in [3.05, 3.63) is 81.6 Å². The number of carboxylic acid groups (broad SMARTS) is 1. The van der Waals surface area contributed by atoms with Gasteiger partial charge in [0, 0.05) is 40.0 Å². The number of carbonyl (C=O) groups is 2. The van der Waals surface area contributed by atoms with E-state index in [-0.39, 0.29) is 18.7 Å². The van der Waals surface area contributed by atoms with Gasteiger partial charge in [0.05, 0.1) is 6.54 Å². The SMILES string of the molecule is Cc1cc(Cl)ncc1-c1cc(C(=O)CNc2ccccc2CCCC(=O)O)ccc1Cl. The Morgan fingerprint density at radius 2 is 1.84 bits per heavy atom. The number of Topliss-reactive ketones (excluding diaryl/α,β-unsaturated/α-hetero) is 1. The molecule has 2 aromatic carbocycles. The van der Waals surface area contributed by atoms with Crippen LogP contribution in [0.4, 0.5) is 5.69 Å². The molecule has 0 bridgehead atoms. The quantitative estimate of drug-likeness (QED) is 0.301. The van der Waals surface area contributed by atoms with Crippen molar-refractivity contribution in [2.24, 2.45) is 0 Å². The van der Waals surface area contributed by atoms with Gasteiger partial charge in [0.1, 0.15) is 5.15 Å². The average Bonchev–Trinajstić information content (AvgIpc) is 2.73. The standard InChI is InChI=1S/C24H22Cl2N2O3/c1-15-11-23(26)28-13-19(15)18-12-17(9-10-20(18)25)22(29)14-27-21-7-3-2-5-16(21)6-4-8-24(30)31/h2-3,5,7,9-13,27H,4,6,8,14H2,1H3,(H,30,31). The van der Waals surface area contributed by atoms with Crippen molar-refractivity contribution in [2.45, 2.75) is 26.2 Å². The molecule has 7 heteroatoms. The summed E-state index contributed by atoms with van der Waals surface area (Å²) in [5, 5.41) is 12.9. The molecule has 3 rings (SSSR count). The molecule has 5 nitrogen and oxygen atoms in total. The van der Waals surface area contributed by atoms with Crippen LogP contribution in [0.25, 0.3) is 11.1 Å². The fourth-order valence-corrected chi connectivity index (χ4v) is 3.76. The van der Waals surface area contributed by atoms with Crippen molar-refractivity contribution >= 4 is 40.6 Å². The van der Waals surface area contributed by atoms with Gasteiger partial charge in [0.25, 0.3) is 0 Å². The summed E-state index contributed by atoms with van der Waals surface area (Å²) >= 11 is 12.3. The molecule has 2 N–H and O–H groups in total. The van der Waals surface area contributed by atoms with Gasteiger partial charge < -0.3 is 10.4 Å². The predicted molar refractivity (Wildman–Crippen MR) is 124 cm³/mol. The van der Waals surface area contributed by atoms with Gasteiger partial charge in [-0.15, -0.1) is 0 Å². The topological polar surface area (TPSA) is 79.3 Å². The zero-order valence-corrected chi connectivity index (χ0v) is 18.5. The third-order valence-corrected chi connectivity index (χ3v) is 5.49. The lowest BCUT2D eigenvalue weighted by molar-refractivity contribution is -0.137. The van der Waals surface area contributed by atoms with Gasteiger partial charge in [-0.25, -0.2) is 4.98 Å². The highest BCUT2D eigenvalue weighted by Gasteiger charge is 2.13. The molecule has 0 atom stereocenters. The van der Waals surface area contributed by atoms with E-state index in [1.807, 2.05) is 31.2 Å². The first-order valence-electron chi connectivity index (χ1n) is 9.84. The number of carboxylic acids is 1. The van der Waals surface area contributed by atoms with Gasteiger partial charge >= 0.3 is 5.97 Å². The lowest BCUT2D eigenvalue weighted by Gasteiger charge is -2.13. The maximum absolute atomic E-state index is 12.8. The number of benzene rings is 2. The lowest BCUT2D eigenvalue weighted by atomic mass is 9.99. The summed E-state index contributed by atoms with van der Waals surface area (Å²) in [6.07, 6.45) is 2.92. The van der Waals surface area contributed by atoms with E-state index in [1.165, 1.54) is 0 Å². The Labute approximate surface area is 191 Å². The maximum atomic E-state index is 12.8. The second kappa shape index (κ2) is 10.4. The number of carbonyl (C=O) groups excluding carboxylic acids is 1. The number of anilines is 1. The summed E-state index contributed by atoms with van der Waals surface area (Å²) in [6.45, 7) is 2.02. The van der Waals surface area contributed by atoms with Crippen LogP contribution in [0, 0.1) is 6.92 Å². The van der Waals surface area contributed by atoms with Crippen molar-refractivity contribution in [3.63, 3.8) is 0 Å². The van der Waals surface area contributed by atoms with E-state index >= 15 is 0 Å². The number of aryl methyl sites for hydroxylation is 2. The summed E-state index contributed by atoms with van der Waals surface area (Å²) in [5.41, 5.74) is 4.80. The van der Waals surface area contributed by atoms with Crippen LogP contribution < -0.4 is 5.32 Å². The highest BCUT2D eigenvalue weighted by Crippen LogP contribution is 2.32. The molecule has 0 aliphatic heterocycles. The van der Waals surface area contributed by atoms with Crippen molar-refractivity contribution in [1.29, 1.82) is 0 Å². The average molecular weight is 457 g/mol. The predicted octanol–water partition coefficient (Wildman–Crippen LogP) is 6.07. The summed E-state index contributed by atoms with van der Waals surface area (Å²) in [6, 6.07) is 14.5. The molecule has 1 heterocycles. The number of hydrogen-bond donors (Lipinski definition) is 2. The summed E-state index contributed by atoms with van der Waals surface area (Å²) in [5.74, 6) is -0.900. The number of rotatable bonds is 9. The summed E-state index contributed by atoms with van der Waals surface area (Å²) < 4.78 is 0. The normalized spacial score (nSPS) is 10.7. The van der Waals surface area contributed by atoms with Gasteiger partial charge in [-0.3, -0.25) is 9.59 Å². The molecule has 0 saturated heterocycles. The van der Waals surface area contributed by atoms with Gasteiger partial charge in [-0.2, -0.15) is 0 Å². The summed E-state index contributed by atoms with van der Waals surface area (Å²) in [4.78, 5) is 27.7. The van der Waals surface area contributed by atoms with Crippen LogP contribution >= 0.6 is 23.2 Å². The number of ketones is 1. The Hall–Kier alpha value is -2.89. The zero-order valence-electron chi connectivity index (χ0n) is 17.0. The van der Waals surface area contributed by atoms with Crippen molar-refractivity contribution in [3.8, 4) is 11.1 Å². The minimum absolute atomic E-state index is 0.0853. The second-order valence-corrected chi connectivity index (χ2v) is 7.99. The number of halogens is 2. The van der Waals surface area contributed by atoms with E-state index < -0.39 is 5.97 Å². The Bertz CT molecular complexity index is 1120. The number of para-hydroxylation sites is 1. The molecule has 1 aromatic heterocycles. The Morgan fingerprint density at radius 3 is 2.58 bits per heavy atom. The fraction of sp³-hybridized carbons (Fsp3) is 0.208. The van der Waals surface area contributed by atoms with Crippen LogP contribution in [0.5, 0.6) is 0 Å². The van der Waals surface area contributed by atoms with E-state index in [4.69, 9.17) is 28.3 Å². The molecule has 0 amide bonds. The molecule has 0 aliphatic rings. The van der Waals surface area contributed by atoms with Crippen LogP contribution in [0.15, 0.2) is 54.7 Å². The lowest BCUT2D eigenvalue weighted by Crippen LogP contribution is -2.15. The minimum Gasteiger partial charge on any atom is -0.481 e. The number of nitrogens with zero attached hydrogens (tertiary/aromatic N) is 1. The first kappa shape index (κ1) is 22.8. The zero-order chi connectivity index (χ0) is 22.4. The maximum Gasteiger partial charge on any atom is 0.303 e. The van der Waals surface area contributed by atoms with E-state index in [9.17, 15) is 9.59 Å². The highest BCUT2D eigenvalue weighted by molar-refractivity contribution is 6.33. The van der Waals surface area contributed by atoms with Gasteiger partial charge in [-0.1, -0.05) is 41.4 Å². The molecular formula is C24H22Cl2N2O3. The Kier molecular flexibility index (Phi) is 7.66. The number of hydrogen-bond acceptors (Lipinski definition) is 4. The van der Waals surface area contributed by atoms with Crippen LogP contribution in [-0.2, 0) is 11.2 Å². The van der Waals surface area contributed by atoms with Crippen molar-refractivity contribution in [2.75, 3.05) is 11.9 Å². The van der Waals surface area contributed by atoms with E-state index in [0.717, 1.165) is 27.9 Å². The van der Waals surface area contributed by atoms with Crippen LogP contribution in [-0.4, -0.2) is 28.4 Å². The third kappa shape index (κ3) is 6.06. The molecule has 0 saturated carbocycles. The van der Waals surface area contributed by atoms with Crippen molar-refractivity contribution < 1.29 is 14.7 Å². The molecule has 3 aromatic rings. The molecule has 160 valence electrons. The Balaban J connectivity index is 1.74. The number of pyridine rings is 1. The summed E-state index contributed by atoms with van der Waals surface area (Å²) in [7, 11) is 0. The van der Waals surface area contributed by atoms with Crippen LogP contribution in [0.3, 0.4) is 0 Å². The molecule has 0 spiro atoms. The van der Waals surface area contributed by atoms with E-state index in [1.54, 1.807) is 30.5 Å². The van der Waals surface area contributed by atoms with Gasteiger partial charge in [0.15, 0.2) is 5.78 Å². The number of aliphatic carboxylic acids is 1. The fourth-order valence-electron chi connectivity index (χ4n) is 3.33. The molecule has 0 unspecified atom stereocenters. The minimum atomic E-state index is -0.815. The Morgan fingerprint density at radius 1 is 1.06 bits per heavy atom. The van der Waals surface area contributed by atoms with Crippen LogP contribution in [0.1, 0.15) is 34.3 Å². The number of nitrogens with one attached hydrogen (secondary N) is 1. The molecular weight excluding hydrogens is 435 g/mol. The second-order valence-electron chi connectivity index (χ2n) is 7.20. The number of aromatic nitrogens is 1. The van der Waals surface area contributed by atoms with Gasteiger partial charge in [-0.05, 0) is 61.2 Å². The van der Waals surface area contributed by atoms with Crippen molar-refractivity contribution in [1.82, 2.24) is 4.98 Å². The van der Waals surface area contributed by atoms with Gasteiger partial charge in [0.2, 0.25) is 0 Å². The highest BCUT2D eigenvalue weighted by atomic mass is 35.5. The van der Waals surface area contributed by atoms with E-state index in [2.05, 4.69) is 10.3 Å². The molecule has 0 fully saturated rings.